The largest absolute Gasteiger partial charge is 0.265 e. The van der Waals surface area contributed by atoms with Gasteiger partial charge in [-0.3, -0.25) is 4.72 Å². The molecule has 21 heavy (non-hydrogen) atoms. The van der Waals surface area contributed by atoms with Gasteiger partial charge in [0.15, 0.2) is 5.13 Å². The van der Waals surface area contributed by atoms with Gasteiger partial charge in [-0.15, -0.1) is 11.3 Å². The molecule has 108 valence electrons. The average Bonchev–Trinajstić information content (AvgIpc) is 2.99. The van der Waals surface area contributed by atoms with Crippen LogP contribution >= 0.6 is 22.9 Å². The van der Waals surface area contributed by atoms with Crippen molar-refractivity contribution in [1.82, 2.24) is 4.98 Å². The molecule has 1 heterocycles. The lowest BCUT2D eigenvalue weighted by atomic mass is 10.2. The third-order valence-electron chi connectivity index (χ3n) is 3.17. The van der Waals surface area contributed by atoms with E-state index in [4.69, 9.17) is 16.9 Å². The topological polar surface area (TPSA) is 82.8 Å². The molecule has 0 fully saturated rings. The lowest BCUT2D eigenvalue weighted by Crippen LogP contribution is -2.13. The van der Waals surface area contributed by atoms with E-state index >= 15 is 0 Å². The van der Waals surface area contributed by atoms with Crippen LogP contribution < -0.4 is 4.72 Å². The molecule has 2 aromatic rings. The van der Waals surface area contributed by atoms with E-state index in [-0.39, 0.29) is 15.5 Å². The first-order valence-corrected chi connectivity index (χ1v) is 8.88. The summed E-state index contributed by atoms with van der Waals surface area (Å²) in [7, 11) is -3.85. The summed E-state index contributed by atoms with van der Waals surface area (Å²) in [6.07, 6.45) is 2.90. The molecule has 1 aliphatic carbocycles. The number of anilines is 1. The van der Waals surface area contributed by atoms with Gasteiger partial charge >= 0.3 is 0 Å². The molecule has 1 aliphatic rings. The van der Waals surface area contributed by atoms with Crippen LogP contribution in [0, 0.1) is 11.3 Å². The molecule has 0 amide bonds. The van der Waals surface area contributed by atoms with Gasteiger partial charge in [0.2, 0.25) is 0 Å². The summed E-state index contributed by atoms with van der Waals surface area (Å²) in [5.41, 5.74) is 1.20. The maximum atomic E-state index is 12.4. The van der Waals surface area contributed by atoms with Crippen LogP contribution in [0.2, 0.25) is 5.02 Å². The van der Waals surface area contributed by atoms with E-state index in [0.29, 0.717) is 5.13 Å². The van der Waals surface area contributed by atoms with Gasteiger partial charge < -0.3 is 0 Å². The number of aromatic nitrogens is 1. The third kappa shape index (κ3) is 2.75. The van der Waals surface area contributed by atoms with E-state index in [1.54, 1.807) is 0 Å². The van der Waals surface area contributed by atoms with E-state index < -0.39 is 10.0 Å². The van der Waals surface area contributed by atoms with Crippen LogP contribution in [0.3, 0.4) is 0 Å². The predicted octanol–water partition coefficient (Wildman–Crippen LogP) is 2.96. The number of fused-ring (bicyclic) bond motifs is 1. The number of hydrogen-bond acceptors (Lipinski definition) is 5. The molecule has 0 aliphatic heterocycles. The van der Waals surface area contributed by atoms with Crippen molar-refractivity contribution in [3.63, 3.8) is 0 Å². The standard InChI is InChI=1S/C13H10ClN3O2S2/c14-9-5-4-8(7-15)6-12(9)21(18,19)17-13-16-10-2-1-3-11(10)20-13/h4-6H,1-3H2,(H,16,17). The van der Waals surface area contributed by atoms with Gasteiger partial charge in [-0.05, 0) is 37.5 Å². The summed E-state index contributed by atoms with van der Waals surface area (Å²) >= 11 is 7.28. The zero-order valence-electron chi connectivity index (χ0n) is 10.8. The summed E-state index contributed by atoms with van der Waals surface area (Å²) in [4.78, 5) is 5.31. The van der Waals surface area contributed by atoms with Crippen LogP contribution in [0.25, 0.3) is 0 Å². The molecule has 3 rings (SSSR count). The molecule has 1 aromatic heterocycles. The first-order valence-electron chi connectivity index (χ1n) is 6.20. The van der Waals surface area contributed by atoms with E-state index in [9.17, 15) is 8.42 Å². The smallest absolute Gasteiger partial charge is 0.255 e. The Morgan fingerprint density at radius 3 is 2.90 bits per heavy atom. The summed E-state index contributed by atoms with van der Waals surface area (Å²) in [6.45, 7) is 0. The monoisotopic (exact) mass is 339 g/mol. The van der Waals surface area contributed by atoms with E-state index in [2.05, 4.69) is 9.71 Å². The van der Waals surface area contributed by atoms with E-state index in [1.165, 1.54) is 29.5 Å². The number of nitrogens with zero attached hydrogens (tertiary/aromatic N) is 2. The highest BCUT2D eigenvalue weighted by Gasteiger charge is 2.23. The molecule has 0 saturated heterocycles. The molecule has 1 N–H and O–H groups in total. The Morgan fingerprint density at radius 2 is 2.19 bits per heavy atom. The van der Waals surface area contributed by atoms with Crippen molar-refractivity contribution >= 4 is 38.1 Å². The Morgan fingerprint density at radius 1 is 1.38 bits per heavy atom. The highest BCUT2D eigenvalue weighted by molar-refractivity contribution is 7.93. The van der Waals surface area contributed by atoms with Gasteiger partial charge in [0.25, 0.3) is 10.0 Å². The van der Waals surface area contributed by atoms with Crippen LogP contribution in [-0.2, 0) is 22.9 Å². The normalized spacial score (nSPS) is 13.7. The zero-order valence-corrected chi connectivity index (χ0v) is 13.1. The number of thiazole rings is 1. The Labute approximate surface area is 131 Å². The van der Waals surface area contributed by atoms with E-state index in [1.807, 2.05) is 6.07 Å². The van der Waals surface area contributed by atoms with Crippen molar-refractivity contribution in [3.8, 4) is 6.07 Å². The SMILES string of the molecule is N#Cc1ccc(Cl)c(S(=O)(=O)Nc2nc3c(s2)CCC3)c1. The van der Waals surface area contributed by atoms with Gasteiger partial charge in [-0.2, -0.15) is 5.26 Å². The fraction of sp³-hybridized carbons (Fsp3) is 0.231. The van der Waals surface area contributed by atoms with Crippen molar-refractivity contribution in [3.05, 3.63) is 39.4 Å². The van der Waals surface area contributed by atoms with Crippen molar-refractivity contribution in [2.24, 2.45) is 0 Å². The second kappa shape index (κ2) is 5.30. The summed E-state index contributed by atoms with van der Waals surface area (Å²) < 4.78 is 27.2. The molecule has 0 radical (unpaired) electrons. The van der Waals surface area contributed by atoms with Crippen molar-refractivity contribution < 1.29 is 8.42 Å². The fourth-order valence-corrected chi connectivity index (χ4v) is 4.99. The highest BCUT2D eigenvalue weighted by atomic mass is 35.5. The maximum absolute atomic E-state index is 12.4. The first-order chi connectivity index (χ1) is 9.99. The number of nitrogens with one attached hydrogen (secondary N) is 1. The highest BCUT2D eigenvalue weighted by Crippen LogP contribution is 2.32. The van der Waals surface area contributed by atoms with Crippen LogP contribution in [0.15, 0.2) is 23.1 Å². The second-order valence-electron chi connectivity index (χ2n) is 4.60. The van der Waals surface area contributed by atoms with Crippen molar-refractivity contribution in [1.29, 1.82) is 5.26 Å². The predicted molar refractivity (Wildman–Crippen MR) is 81.1 cm³/mol. The molecule has 1 aromatic carbocycles. The molecule has 0 saturated carbocycles. The number of rotatable bonds is 3. The van der Waals surface area contributed by atoms with Gasteiger partial charge in [0.1, 0.15) is 4.90 Å². The quantitative estimate of drug-likeness (QED) is 0.931. The van der Waals surface area contributed by atoms with Crippen LogP contribution in [-0.4, -0.2) is 13.4 Å². The van der Waals surface area contributed by atoms with Crippen molar-refractivity contribution in [2.45, 2.75) is 24.2 Å². The Hall–Kier alpha value is -1.62. The summed E-state index contributed by atoms with van der Waals surface area (Å²) in [5.74, 6) is 0. The van der Waals surface area contributed by atoms with Gasteiger partial charge in [-0.25, -0.2) is 13.4 Å². The molecule has 0 unspecified atom stereocenters. The minimum absolute atomic E-state index is 0.0746. The number of halogens is 1. The zero-order chi connectivity index (χ0) is 15.0. The Bertz CT molecular complexity index is 831. The lowest BCUT2D eigenvalue weighted by molar-refractivity contribution is 0.601. The molecule has 0 atom stereocenters. The van der Waals surface area contributed by atoms with Crippen LogP contribution in [0.4, 0.5) is 5.13 Å². The number of aryl methyl sites for hydroxylation is 2. The second-order valence-corrected chi connectivity index (χ2v) is 7.75. The lowest BCUT2D eigenvalue weighted by Gasteiger charge is -2.07. The van der Waals surface area contributed by atoms with Crippen LogP contribution in [0.5, 0.6) is 0 Å². The summed E-state index contributed by atoms with van der Waals surface area (Å²) in [6, 6.07) is 6.02. The Balaban J connectivity index is 1.95. The fourth-order valence-electron chi connectivity index (χ4n) is 2.18. The summed E-state index contributed by atoms with van der Waals surface area (Å²) in [5, 5.41) is 9.29. The first kappa shape index (κ1) is 14.3. The van der Waals surface area contributed by atoms with E-state index in [0.717, 1.165) is 29.8 Å². The van der Waals surface area contributed by atoms with Gasteiger partial charge in [0, 0.05) is 4.88 Å². The molecule has 8 heteroatoms. The van der Waals surface area contributed by atoms with Crippen molar-refractivity contribution in [2.75, 3.05) is 4.72 Å². The third-order valence-corrected chi connectivity index (χ3v) is 6.19. The number of benzene rings is 1. The molecular weight excluding hydrogens is 330 g/mol. The molecule has 0 bridgehead atoms. The number of nitriles is 1. The van der Waals surface area contributed by atoms with Gasteiger partial charge in [0.05, 0.1) is 22.3 Å². The minimum atomic E-state index is -3.85. The number of sulfonamides is 1. The molecule has 5 nitrogen and oxygen atoms in total. The average molecular weight is 340 g/mol. The minimum Gasteiger partial charge on any atom is -0.255 e. The molecular formula is C13H10ClN3O2S2. The number of hydrogen-bond donors (Lipinski definition) is 1. The van der Waals surface area contributed by atoms with Gasteiger partial charge in [-0.1, -0.05) is 11.6 Å². The Kier molecular flexibility index (Phi) is 3.61. The maximum Gasteiger partial charge on any atom is 0.265 e. The molecule has 0 spiro atoms. The van der Waals surface area contributed by atoms with Crippen LogP contribution in [0.1, 0.15) is 22.6 Å².